The Hall–Kier alpha value is -2.41. The lowest BCUT2D eigenvalue weighted by Crippen LogP contribution is -2.28. The second-order valence-electron chi connectivity index (χ2n) is 8.20. The number of hydrogen-bond donors (Lipinski definition) is 1. The van der Waals surface area contributed by atoms with Gasteiger partial charge in [-0.05, 0) is 57.2 Å². The van der Waals surface area contributed by atoms with Crippen molar-refractivity contribution in [2.24, 2.45) is 7.05 Å². The number of H-pyrrole nitrogens is 1. The Morgan fingerprint density at radius 3 is 2.52 bits per heavy atom. The van der Waals surface area contributed by atoms with Crippen LogP contribution in [0.15, 0.2) is 40.4 Å². The Kier molecular flexibility index (Phi) is 3.86. The molecule has 6 nitrogen and oxygen atoms in total. The number of aromatic nitrogens is 3. The zero-order chi connectivity index (χ0) is 19.6. The summed E-state index contributed by atoms with van der Waals surface area (Å²) >= 11 is 0. The Balaban J connectivity index is 2.03. The van der Waals surface area contributed by atoms with Crippen molar-refractivity contribution in [3.05, 3.63) is 46.5 Å². The minimum absolute atomic E-state index is 0.0759. The molecule has 0 unspecified atom stereocenters. The molecule has 3 aromatic heterocycles. The third-order valence-electron chi connectivity index (χ3n) is 5.15. The van der Waals surface area contributed by atoms with Gasteiger partial charge < -0.3 is 9.55 Å². The average Bonchev–Trinajstić information content (AvgIpc) is 3.33. The standard InChI is InChI=1S/C20H23N3O3S/c1-20(2,3)27(25,26)16-8-7-13(12-5-6-12)17(22-16)15-11-23(4)19(24)18-14(15)9-10-21-18/h7-12,21H,5-6H2,1-4H3. The van der Waals surface area contributed by atoms with Crippen LogP contribution >= 0.6 is 0 Å². The Morgan fingerprint density at radius 1 is 1.19 bits per heavy atom. The number of nitrogens with zero attached hydrogens (tertiary/aromatic N) is 2. The third-order valence-corrected chi connectivity index (χ3v) is 7.54. The fraction of sp³-hybridized carbons (Fsp3) is 0.400. The van der Waals surface area contributed by atoms with E-state index in [4.69, 9.17) is 0 Å². The van der Waals surface area contributed by atoms with Crippen molar-refractivity contribution in [1.29, 1.82) is 0 Å². The van der Waals surface area contributed by atoms with Crippen LogP contribution in [0.3, 0.4) is 0 Å². The van der Waals surface area contributed by atoms with Crippen LogP contribution in [0.25, 0.3) is 22.2 Å². The second kappa shape index (κ2) is 5.79. The minimum atomic E-state index is -3.57. The van der Waals surface area contributed by atoms with Gasteiger partial charge in [0.25, 0.3) is 5.56 Å². The van der Waals surface area contributed by atoms with Gasteiger partial charge in [0.2, 0.25) is 0 Å². The molecule has 27 heavy (non-hydrogen) atoms. The summed E-state index contributed by atoms with van der Waals surface area (Å²) in [5.41, 5.74) is 2.86. The van der Waals surface area contributed by atoms with E-state index in [0.29, 0.717) is 17.1 Å². The highest BCUT2D eigenvalue weighted by molar-refractivity contribution is 7.92. The number of aromatic amines is 1. The number of aryl methyl sites for hydroxylation is 1. The van der Waals surface area contributed by atoms with Crippen LogP contribution in [0.4, 0.5) is 0 Å². The molecule has 1 aliphatic carbocycles. The molecule has 1 aliphatic rings. The molecule has 3 aromatic rings. The Labute approximate surface area is 158 Å². The average molecular weight is 385 g/mol. The lowest BCUT2D eigenvalue weighted by Gasteiger charge is -2.20. The van der Waals surface area contributed by atoms with Gasteiger partial charge in [0.05, 0.1) is 10.4 Å². The Bertz CT molecular complexity index is 1210. The van der Waals surface area contributed by atoms with Crippen LogP contribution in [0, 0.1) is 0 Å². The molecule has 0 amide bonds. The summed E-state index contributed by atoms with van der Waals surface area (Å²) in [6.07, 6.45) is 5.62. The Morgan fingerprint density at radius 2 is 1.89 bits per heavy atom. The molecule has 0 aromatic carbocycles. The smallest absolute Gasteiger partial charge is 0.274 e. The van der Waals surface area contributed by atoms with Gasteiger partial charge in [-0.2, -0.15) is 0 Å². The predicted octanol–water partition coefficient (Wildman–Crippen LogP) is 3.38. The molecule has 7 heteroatoms. The van der Waals surface area contributed by atoms with Crippen LogP contribution in [-0.2, 0) is 16.9 Å². The number of fused-ring (bicyclic) bond motifs is 1. The molecule has 1 saturated carbocycles. The summed E-state index contributed by atoms with van der Waals surface area (Å²) in [5.74, 6) is 0.394. The van der Waals surface area contributed by atoms with E-state index in [1.54, 1.807) is 46.3 Å². The molecule has 142 valence electrons. The summed E-state index contributed by atoms with van der Waals surface area (Å²) in [5, 5.41) is 0.838. The first-order valence-corrected chi connectivity index (χ1v) is 10.5. The van der Waals surface area contributed by atoms with E-state index in [0.717, 1.165) is 29.4 Å². The van der Waals surface area contributed by atoms with E-state index in [2.05, 4.69) is 9.97 Å². The molecule has 0 atom stereocenters. The highest BCUT2D eigenvalue weighted by Gasteiger charge is 2.34. The van der Waals surface area contributed by atoms with E-state index in [9.17, 15) is 13.2 Å². The van der Waals surface area contributed by atoms with Crippen LogP contribution in [0.1, 0.15) is 45.1 Å². The molecule has 0 spiro atoms. The molecule has 1 fully saturated rings. The SMILES string of the molecule is Cn1cc(-c2nc(S(=O)(=O)C(C)(C)C)ccc2C2CC2)c2cc[nH]c2c1=O. The highest BCUT2D eigenvalue weighted by atomic mass is 32.2. The lowest BCUT2D eigenvalue weighted by molar-refractivity contribution is 0.556. The van der Waals surface area contributed by atoms with E-state index in [-0.39, 0.29) is 10.6 Å². The maximum Gasteiger partial charge on any atom is 0.274 e. The summed E-state index contributed by atoms with van der Waals surface area (Å²) in [7, 11) is -1.88. The van der Waals surface area contributed by atoms with Crippen LogP contribution < -0.4 is 5.56 Å². The summed E-state index contributed by atoms with van der Waals surface area (Å²) < 4.78 is 26.5. The van der Waals surface area contributed by atoms with Crippen molar-refractivity contribution in [2.75, 3.05) is 0 Å². The molecule has 1 N–H and O–H groups in total. The molecular formula is C20H23N3O3S. The molecule has 0 saturated heterocycles. The highest BCUT2D eigenvalue weighted by Crippen LogP contribution is 2.45. The molecular weight excluding hydrogens is 362 g/mol. The molecule has 3 heterocycles. The van der Waals surface area contributed by atoms with E-state index in [1.807, 2.05) is 12.1 Å². The van der Waals surface area contributed by atoms with Gasteiger partial charge in [-0.1, -0.05) is 6.07 Å². The van der Waals surface area contributed by atoms with Crippen LogP contribution in [0.2, 0.25) is 0 Å². The number of hydrogen-bond acceptors (Lipinski definition) is 4. The fourth-order valence-corrected chi connectivity index (χ4v) is 4.40. The third kappa shape index (κ3) is 2.81. The molecule has 0 aliphatic heterocycles. The molecule has 4 rings (SSSR count). The largest absolute Gasteiger partial charge is 0.357 e. The van der Waals surface area contributed by atoms with E-state index in [1.165, 1.54) is 4.57 Å². The van der Waals surface area contributed by atoms with E-state index >= 15 is 0 Å². The van der Waals surface area contributed by atoms with Crippen LogP contribution in [-0.4, -0.2) is 27.7 Å². The normalized spacial score (nSPS) is 15.4. The fourth-order valence-electron chi connectivity index (χ4n) is 3.31. The van der Waals surface area contributed by atoms with Crippen molar-refractivity contribution < 1.29 is 8.42 Å². The number of nitrogens with one attached hydrogen (secondary N) is 1. The zero-order valence-electron chi connectivity index (χ0n) is 15.9. The van der Waals surface area contributed by atoms with Crippen molar-refractivity contribution in [3.8, 4) is 11.3 Å². The summed E-state index contributed by atoms with van der Waals surface area (Å²) in [6.45, 7) is 5.03. The van der Waals surface area contributed by atoms with Gasteiger partial charge in [-0.3, -0.25) is 4.79 Å². The van der Waals surface area contributed by atoms with Gasteiger partial charge in [0.15, 0.2) is 14.9 Å². The molecule has 0 radical (unpaired) electrons. The lowest BCUT2D eigenvalue weighted by atomic mass is 10.0. The summed E-state index contributed by atoms with van der Waals surface area (Å²) in [4.78, 5) is 20.0. The second-order valence-corrected chi connectivity index (χ2v) is 10.9. The van der Waals surface area contributed by atoms with Crippen molar-refractivity contribution in [2.45, 2.75) is 49.3 Å². The first-order valence-electron chi connectivity index (χ1n) is 9.04. The molecule has 0 bridgehead atoms. The quantitative estimate of drug-likeness (QED) is 0.749. The number of sulfone groups is 1. The topological polar surface area (TPSA) is 84.8 Å². The van der Waals surface area contributed by atoms with Gasteiger partial charge in [-0.15, -0.1) is 0 Å². The van der Waals surface area contributed by atoms with Crippen molar-refractivity contribution in [3.63, 3.8) is 0 Å². The van der Waals surface area contributed by atoms with Gasteiger partial charge in [0, 0.05) is 30.4 Å². The maximum atomic E-state index is 12.9. The number of rotatable bonds is 3. The summed E-state index contributed by atoms with van der Waals surface area (Å²) in [6, 6.07) is 5.35. The van der Waals surface area contributed by atoms with Gasteiger partial charge in [0.1, 0.15) is 5.52 Å². The van der Waals surface area contributed by atoms with Crippen molar-refractivity contribution >= 4 is 20.7 Å². The monoisotopic (exact) mass is 385 g/mol. The van der Waals surface area contributed by atoms with Crippen LogP contribution in [0.5, 0.6) is 0 Å². The maximum absolute atomic E-state index is 12.9. The van der Waals surface area contributed by atoms with E-state index < -0.39 is 14.6 Å². The first kappa shape index (κ1) is 18.0. The van der Waals surface area contributed by atoms with Gasteiger partial charge in [-0.25, -0.2) is 13.4 Å². The van der Waals surface area contributed by atoms with Crippen molar-refractivity contribution in [1.82, 2.24) is 14.5 Å². The number of pyridine rings is 2. The minimum Gasteiger partial charge on any atom is -0.357 e. The van der Waals surface area contributed by atoms with Gasteiger partial charge >= 0.3 is 0 Å². The zero-order valence-corrected chi connectivity index (χ0v) is 16.7. The first-order chi connectivity index (χ1) is 12.6. The predicted molar refractivity (Wildman–Crippen MR) is 106 cm³/mol.